The lowest BCUT2D eigenvalue weighted by molar-refractivity contribution is -0.186. The average molecular weight is 485 g/mol. The van der Waals surface area contributed by atoms with Gasteiger partial charge in [-0.1, -0.05) is 30.3 Å². The van der Waals surface area contributed by atoms with Crippen molar-refractivity contribution in [3.8, 4) is 0 Å². The van der Waals surface area contributed by atoms with Gasteiger partial charge in [-0.25, -0.2) is 0 Å². The van der Waals surface area contributed by atoms with E-state index in [9.17, 15) is 32.3 Å². The summed E-state index contributed by atoms with van der Waals surface area (Å²) in [6, 6.07) is 7.28. The minimum absolute atomic E-state index is 0.0261. The zero-order valence-corrected chi connectivity index (χ0v) is 19.1. The summed E-state index contributed by atoms with van der Waals surface area (Å²) in [6.07, 6.45) is -3.02. The number of nitrogens with one attached hydrogen (secondary N) is 2. The zero-order valence-electron chi connectivity index (χ0n) is 19.1. The summed E-state index contributed by atoms with van der Waals surface area (Å²) in [5, 5.41) is 5.25. The van der Waals surface area contributed by atoms with Gasteiger partial charge < -0.3 is 25.2 Å². The fraction of sp³-hybridized carbons (Fsp3) is 0.565. The van der Waals surface area contributed by atoms with Gasteiger partial charge in [-0.05, 0) is 38.3 Å². The highest BCUT2D eigenvalue weighted by molar-refractivity contribution is 5.89. The van der Waals surface area contributed by atoms with Crippen LogP contribution in [0.25, 0.3) is 0 Å². The Bertz CT molecular complexity index is 835. The number of carbonyl (C=O) groups excluding carboxylic acids is 4. The van der Waals surface area contributed by atoms with Crippen molar-refractivity contribution in [1.29, 1.82) is 0 Å². The molecule has 8 nitrogen and oxygen atoms in total. The predicted octanol–water partition coefficient (Wildman–Crippen LogP) is 1.29. The number of carbonyl (C=O) groups is 4. The number of likely N-dealkylation sites (tertiary alicyclic amines) is 1. The Balaban J connectivity index is 2.15. The first-order chi connectivity index (χ1) is 16.2. The molecule has 0 bridgehead atoms. The second kappa shape index (κ2) is 13.1. The van der Waals surface area contributed by atoms with E-state index in [1.165, 1.54) is 4.90 Å². The summed E-state index contributed by atoms with van der Waals surface area (Å²) < 4.78 is 39.8. The standard InChI is InChI=1S/C23H31F3N4O4/c1-27-15-20(32)28-19(10-6-14-31)21(33)30-12-5-9-18(30)16-29(22(34)23(24,25)26)13-11-17-7-3-2-4-8-17/h2-4,7-8,14,18-19,27H,5-6,9-13,15-16H2,1H3,(H,28,32). The molecule has 2 unspecified atom stereocenters. The van der Waals surface area contributed by atoms with Crippen LogP contribution in [0.5, 0.6) is 0 Å². The van der Waals surface area contributed by atoms with Gasteiger partial charge in [0.05, 0.1) is 6.54 Å². The lowest BCUT2D eigenvalue weighted by atomic mass is 10.1. The van der Waals surface area contributed by atoms with Crippen molar-refractivity contribution < 1.29 is 32.3 Å². The Morgan fingerprint density at radius 3 is 2.56 bits per heavy atom. The van der Waals surface area contributed by atoms with E-state index >= 15 is 0 Å². The van der Waals surface area contributed by atoms with E-state index < -0.39 is 36.0 Å². The highest BCUT2D eigenvalue weighted by Crippen LogP contribution is 2.24. The topological polar surface area (TPSA) is 98.8 Å². The Hall–Kier alpha value is -2.95. The molecule has 1 aromatic carbocycles. The van der Waals surface area contributed by atoms with E-state index in [-0.39, 0.29) is 38.9 Å². The Kier molecular flexibility index (Phi) is 10.5. The van der Waals surface area contributed by atoms with Crippen LogP contribution in [0.15, 0.2) is 30.3 Å². The molecule has 34 heavy (non-hydrogen) atoms. The maximum Gasteiger partial charge on any atom is 0.471 e. The van der Waals surface area contributed by atoms with Gasteiger partial charge in [0, 0.05) is 32.1 Å². The summed E-state index contributed by atoms with van der Waals surface area (Å²) in [4.78, 5) is 50.3. The first-order valence-corrected chi connectivity index (χ1v) is 11.3. The molecule has 1 saturated heterocycles. The molecule has 1 fully saturated rings. The molecule has 1 aliphatic rings. The summed E-state index contributed by atoms with van der Waals surface area (Å²) in [6.45, 7) is -0.131. The Morgan fingerprint density at radius 2 is 1.94 bits per heavy atom. The number of alkyl halides is 3. The number of likely N-dealkylation sites (N-methyl/N-ethyl adjacent to an activating group) is 1. The van der Waals surface area contributed by atoms with Crippen LogP contribution in [0, 0.1) is 0 Å². The van der Waals surface area contributed by atoms with Gasteiger partial charge in [0.1, 0.15) is 12.3 Å². The molecule has 3 amide bonds. The normalized spacial score (nSPS) is 16.7. The van der Waals surface area contributed by atoms with E-state index in [4.69, 9.17) is 0 Å². The molecule has 1 heterocycles. The predicted molar refractivity (Wildman–Crippen MR) is 119 cm³/mol. The third-order valence-corrected chi connectivity index (χ3v) is 5.68. The third-order valence-electron chi connectivity index (χ3n) is 5.68. The van der Waals surface area contributed by atoms with Gasteiger partial charge in [-0.3, -0.25) is 14.4 Å². The molecule has 0 saturated carbocycles. The maximum absolute atomic E-state index is 13.3. The van der Waals surface area contributed by atoms with E-state index in [1.807, 2.05) is 0 Å². The molecule has 1 aromatic rings. The first kappa shape index (κ1) is 27.3. The van der Waals surface area contributed by atoms with E-state index in [2.05, 4.69) is 10.6 Å². The molecular weight excluding hydrogens is 453 g/mol. The minimum Gasteiger partial charge on any atom is -0.343 e. The number of halogens is 3. The van der Waals surface area contributed by atoms with Gasteiger partial charge in [0.25, 0.3) is 0 Å². The van der Waals surface area contributed by atoms with Gasteiger partial charge in [0.2, 0.25) is 11.8 Å². The highest BCUT2D eigenvalue weighted by atomic mass is 19.4. The Labute approximate surface area is 196 Å². The maximum atomic E-state index is 13.3. The summed E-state index contributed by atoms with van der Waals surface area (Å²) in [5.41, 5.74) is 0.794. The zero-order chi connectivity index (χ0) is 25.1. The third kappa shape index (κ3) is 8.12. The average Bonchev–Trinajstić information content (AvgIpc) is 3.26. The van der Waals surface area contributed by atoms with Crippen LogP contribution in [0.2, 0.25) is 0 Å². The van der Waals surface area contributed by atoms with Crippen molar-refractivity contribution in [3.63, 3.8) is 0 Å². The van der Waals surface area contributed by atoms with Crippen molar-refractivity contribution in [2.75, 3.05) is 33.2 Å². The molecule has 2 atom stereocenters. The van der Waals surface area contributed by atoms with Crippen molar-refractivity contribution in [3.05, 3.63) is 35.9 Å². The lowest BCUT2D eigenvalue weighted by Crippen LogP contribution is -2.54. The molecule has 2 rings (SSSR count). The lowest BCUT2D eigenvalue weighted by Gasteiger charge is -2.33. The van der Waals surface area contributed by atoms with Crippen LogP contribution < -0.4 is 10.6 Å². The number of nitrogens with zero attached hydrogens (tertiary/aromatic N) is 2. The molecular formula is C23H31F3N4O4. The molecule has 11 heteroatoms. The van der Waals surface area contributed by atoms with Crippen molar-refractivity contribution in [2.24, 2.45) is 0 Å². The molecule has 0 aliphatic carbocycles. The van der Waals surface area contributed by atoms with Crippen molar-refractivity contribution in [1.82, 2.24) is 20.4 Å². The van der Waals surface area contributed by atoms with Crippen LogP contribution in [-0.4, -0.2) is 85.3 Å². The molecule has 0 aromatic heterocycles. The number of benzene rings is 1. The molecule has 188 valence electrons. The Morgan fingerprint density at radius 1 is 1.24 bits per heavy atom. The fourth-order valence-corrected chi connectivity index (χ4v) is 4.03. The number of hydrogen-bond donors (Lipinski definition) is 2. The quantitative estimate of drug-likeness (QED) is 0.436. The first-order valence-electron chi connectivity index (χ1n) is 11.3. The van der Waals surface area contributed by atoms with Crippen LogP contribution in [0.3, 0.4) is 0 Å². The van der Waals surface area contributed by atoms with Gasteiger partial charge >= 0.3 is 12.1 Å². The van der Waals surface area contributed by atoms with Gasteiger partial charge in [-0.15, -0.1) is 0 Å². The smallest absolute Gasteiger partial charge is 0.343 e. The molecule has 0 spiro atoms. The SMILES string of the molecule is CNCC(=O)NC(CCC=O)C(=O)N1CCCC1CN(CCc1ccccc1)C(=O)C(F)(F)F. The number of rotatable bonds is 12. The minimum atomic E-state index is -5.03. The van der Waals surface area contributed by atoms with Gasteiger partial charge in [-0.2, -0.15) is 13.2 Å². The van der Waals surface area contributed by atoms with Crippen molar-refractivity contribution in [2.45, 2.75) is 50.4 Å². The number of aldehydes is 1. The van der Waals surface area contributed by atoms with E-state index in [0.717, 1.165) is 10.5 Å². The number of amides is 3. The van der Waals surface area contributed by atoms with Crippen molar-refractivity contribution >= 4 is 24.0 Å². The van der Waals surface area contributed by atoms with E-state index in [1.54, 1.807) is 37.4 Å². The second-order valence-electron chi connectivity index (χ2n) is 8.21. The van der Waals surface area contributed by atoms with Crippen LogP contribution in [0.1, 0.15) is 31.2 Å². The summed E-state index contributed by atoms with van der Waals surface area (Å²) in [7, 11) is 1.57. The van der Waals surface area contributed by atoms with Crippen LogP contribution in [0.4, 0.5) is 13.2 Å². The van der Waals surface area contributed by atoms with Crippen LogP contribution in [-0.2, 0) is 25.6 Å². The number of hydrogen-bond acceptors (Lipinski definition) is 5. The molecule has 2 N–H and O–H groups in total. The molecule has 0 radical (unpaired) electrons. The van der Waals surface area contributed by atoms with E-state index in [0.29, 0.717) is 25.7 Å². The fourth-order valence-electron chi connectivity index (χ4n) is 4.03. The summed E-state index contributed by atoms with van der Waals surface area (Å²) in [5.74, 6) is -2.84. The second-order valence-corrected chi connectivity index (χ2v) is 8.21. The van der Waals surface area contributed by atoms with Gasteiger partial charge in [0.15, 0.2) is 0 Å². The van der Waals surface area contributed by atoms with Crippen LogP contribution >= 0.6 is 0 Å². The largest absolute Gasteiger partial charge is 0.471 e. The molecule has 1 aliphatic heterocycles. The summed E-state index contributed by atoms with van der Waals surface area (Å²) >= 11 is 0. The highest BCUT2D eigenvalue weighted by Gasteiger charge is 2.44. The monoisotopic (exact) mass is 484 g/mol.